The van der Waals surface area contributed by atoms with E-state index in [-0.39, 0.29) is 24.0 Å². The third-order valence-electron chi connectivity index (χ3n) is 3.36. The molecule has 22 heavy (non-hydrogen) atoms. The summed E-state index contributed by atoms with van der Waals surface area (Å²) in [7, 11) is 0.912. The van der Waals surface area contributed by atoms with Crippen LogP contribution in [0.2, 0.25) is 0 Å². The fraction of sp³-hybridized carbons (Fsp3) is 0.438. The van der Waals surface area contributed by atoms with Gasteiger partial charge in [0.05, 0.1) is 0 Å². The van der Waals surface area contributed by atoms with Gasteiger partial charge in [0.25, 0.3) is 0 Å². The maximum Gasteiger partial charge on any atom is 0.191 e. The van der Waals surface area contributed by atoms with Gasteiger partial charge in [-0.3, -0.25) is 9.20 Å². The maximum atomic E-state index is 12.0. The summed E-state index contributed by atoms with van der Waals surface area (Å²) >= 11 is 0. The van der Waals surface area contributed by atoms with Crippen molar-refractivity contribution in [1.29, 1.82) is 0 Å². The number of nitrogens with zero attached hydrogens (tertiary/aromatic N) is 1. The lowest BCUT2D eigenvalue weighted by Crippen LogP contribution is -2.43. The number of rotatable bonds is 6. The first-order chi connectivity index (χ1) is 10.3. The molecule has 0 aliphatic heterocycles. The van der Waals surface area contributed by atoms with Crippen molar-refractivity contribution in [2.75, 3.05) is 19.3 Å². The molecule has 4 nitrogen and oxygen atoms in total. The summed E-state index contributed by atoms with van der Waals surface area (Å²) in [5.74, 6) is 2.03. The van der Waals surface area contributed by atoms with Gasteiger partial charge in [-0.25, -0.2) is 0 Å². The largest absolute Gasteiger partial charge is 0.355 e. The second kappa shape index (κ2) is 10.8. The van der Waals surface area contributed by atoms with Gasteiger partial charge in [-0.15, -0.1) is 24.0 Å². The Morgan fingerprint density at radius 3 is 2.59 bits per heavy atom. The van der Waals surface area contributed by atoms with E-state index in [1.54, 1.807) is 7.05 Å². The minimum Gasteiger partial charge on any atom is -0.355 e. The Balaban J connectivity index is 0.00000242. The van der Waals surface area contributed by atoms with E-state index in [0.29, 0.717) is 24.1 Å². The second-order valence-electron chi connectivity index (χ2n) is 5.06. The molecule has 0 heterocycles. The third kappa shape index (κ3) is 6.91. The van der Waals surface area contributed by atoms with Crippen LogP contribution >= 0.6 is 24.0 Å². The van der Waals surface area contributed by atoms with Crippen molar-refractivity contribution in [3.63, 3.8) is 0 Å². The zero-order chi connectivity index (χ0) is 14.9. The molecule has 0 spiro atoms. The lowest BCUT2D eigenvalue weighted by atomic mass is 10.2. The molecular formula is C16H24IN3OS. The van der Waals surface area contributed by atoms with Crippen LogP contribution in [0.25, 0.3) is 0 Å². The molecule has 0 saturated heterocycles. The SMILES string of the molecule is CN=C(NCCS(=O)Cc1ccccc1)NC1CC=CC1.I. The molecule has 0 saturated carbocycles. The highest BCUT2D eigenvalue weighted by Crippen LogP contribution is 2.08. The number of hydrogen-bond donors (Lipinski definition) is 2. The molecule has 2 N–H and O–H groups in total. The van der Waals surface area contributed by atoms with Crippen LogP contribution in [0.5, 0.6) is 0 Å². The molecular weight excluding hydrogens is 409 g/mol. The number of guanidine groups is 1. The molecule has 1 aromatic carbocycles. The van der Waals surface area contributed by atoms with E-state index < -0.39 is 10.8 Å². The van der Waals surface area contributed by atoms with Gasteiger partial charge >= 0.3 is 0 Å². The van der Waals surface area contributed by atoms with Gasteiger partial charge in [-0.05, 0) is 18.4 Å². The van der Waals surface area contributed by atoms with Gasteiger partial charge in [-0.2, -0.15) is 0 Å². The normalized spacial score (nSPS) is 16.1. The molecule has 1 unspecified atom stereocenters. The summed E-state index contributed by atoms with van der Waals surface area (Å²) < 4.78 is 12.0. The summed E-state index contributed by atoms with van der Waals surface area (Å²) in [4.78, 5) is 4.20. The summed E-state index contributed by atoms with van der Waals surface area (Å²) in [6.45, 7) is 0.666. The Hall–Kier alpha value is -0.890. The average Bonchev–Trinajstić information content (AvgIpc) is 3.00. The predicted molar refractivity (Wildman–Crippen MR) is 105 cm³/mol. The highest BCUT2D eigenvalue weighted by atomic mass is 127. The molecule has 6 heteroatoms. The Morgan fingerprint density at radius 1 is 1.27 bits per heavy atom. The highest BCUT2D eigenvalue weighted by Gasteiger charge is 2.11. The lowest BCUT2D eigenvalue weighted by molar-refractivity contribution is 0.635. The van der Waals surface area contributed by atoms with Crippen molar-refractivity contribution in [3.05, 3.63) is 48.0 Å². The van der Waals surface area contributed by atoms with Gasteiger partial charge in [0.15, 0.2) is 5.96 Å². The molecule has 1 aliphatic carbocycles. The van der Waals surface area contributed by atoms with Crippen molar-refractivity contribution in [3.8, 4) is 0 Å². The molecule has 1 atom stereocenters. The van der Waals surface area contributed by atoms with E-state index in [2.05, 4.69) is 27.8 Å². The smallest absolute Gasteiger partial charge is 0.191 e. The van der Waals surface area contributed by atoms with Crippen molar-refractivity contribution in [2.24, 2.45) is 4.99 Å². The predicted octanol–water partition coefficient (Wildman–Crippen LogP) is 2.44. The Bertz CT molecular complexity index is 511. The van der Waals surface area contributed by atoms with E-state index in [9.17, 15) is 4.21 Å². The molecule has 0 bridgehead atoms. The number of nitrogens with one attached hydrogen (secondary N) is 2. The third-order valence-corrected chi connectivity index (χ3v) is 4.68. The second-order valence-corrected chi connectivity index (χ2v) is 6.63. The first-order valence-electron chi connectivity index (χ1n) is 7.29. The topological polar surface area (TPSA) is 53.5 Å². The highest BCUT2D eigenvalue weighted by molar-refractivity contribution is 14.0. The Kier molecular flexibility index (Phi) is 9.38. The Labute approximate surface area is 152 Å². The van der Waals surface area contributed by atoms with Crippen molar-refractivity contribution in [1.82, 2.24) is 10.6 Å². The molecule has 1 aromatic rings. The number of hydrogen-bond acceptors (Lipinski definition) is 2. The van der Waals surface area contributed by atoms with Crippen LogP contribution in [0, 0.1) is 0 Å². The molecule has 0 aromatic heterocycles. The fourth-order valence-electron chi connectivity index (χ4n) is 2.24. The zero-order valence-electron chi connectivity index (χ0n) is 12.8. The molecule has 0 radical (unpaired) electrons. The average molecular weight is 433 g/mol. The molecule has 1 aliphatic rings. The van der Waals surface area contributed by atoms with Crippen molar-refractivity contribution >= 4 is 40.7 Å². The van der Waals surface area contributed by atoms with Gasteiger partial charge in [-0.1, -0.05) is 42.5 Å². The van der Waals surface area contributed by atoms with Crippen LogP contribution in [-0.2, 0) is 16.6 Å². The van der Waals surface area contributed by atoms with Crippen LogP contribution < -0.4 is 10.6 Å². The van der Waals surface area contributed by atoms with E-state index >= 15 is 0 Å². The quantitative estimate of drug-likeness (QED) is 0.314. The molecule has 0 amide bonds. The summed E-state index contributed by atoms with van der Waals surface area (Å²) in [6, 6.07) is 10.4. The van der Waals surface area contributed by atoms with Crippen LogP contribution in [0.1, 0.15) is 18.4 Å². The molecule has 0 fully saturated rings. The Morgan fingerprint density at radius 2 is 1.95 bits per heavy atom. The van der Waals surface area contributed by atoms with E-state index in [4.69, 9.17) is 0 Å². The van der Waals surface area contributed by atoms with E-state index in [1.807, 2.05) is 30.3 Å². The van der Waals surface area contributed by atoms with Gasteiger partial charge < -0.3 is 10.6 Å². The number of aliphatic imine (C=N–C) groups is 1. The first-order valence-corrected chi connectivity index (χ1v) is 8.78. The number of halogens is 1. The van der Waals surface area contributed by atoms with Crippen molar-refractivity contribution < 1.29 is 4.21 Å². The molecule has 122 valence electrons. The van der Waals surface area contributed by atoms with E-state index in [1.165, 1.54) is 0 Å². The minimum atomic E-state index is -0.851. The van der Waals surface area contributed by atoms with Crippen LogP contribution in [-0.4, -0.2) is 35.6 Å². The molecule has 2 rings (SSSR count). The zero-order valence-corrected chi connectivity index (χ0v) is 16.0. The maximum absolute atomic E-state index is 12.0. The standard InChI is InChI=1S/C16H23N3OS.HI/c1-17-16(19-15-9-5-6-10-15)18-11-12-21(20)13-14-7-3-2-4-8-14;/h2-8,15H,9-13H2,1H3,(H2,17,18,19);1H. The lowest BCUT2D eigenvalue weighted by Gasteiger charge is -2.16. The van der Waals surface area contributed by atoms with E-state index in [0.717, 1.165) is 24.4 Å². The summed E-state index contributed by atoms with van der Waals surface area (Å²) in [5, 5.41) is 6.60. The summed E-state index contributed by atoms with van der Waals surface area (Å²) in [6.07, 6.45) is 6.45. The first kappa shape index (κ1) is 19.2. The van der Waals surface area contributed by atoms with Gasteiger partial charge in [0, 0.05) is 41.9 Å². The monoisotopic (exact) mass is 433 g/mol. The minimum absolute atomic E-state index is 0. The number of benzene rings is 1. The fourth-order valence-corrected chi connectivity index (χ4v) is 3.28. The van der Waals surface area contributed by atoms with Crippen LogP contribution in [0.15, 0.2) is 47.5 Å². The summed E-state index contributed by atoms with van der Waals surface area (Å²) in [5.41, 5.74) is 1.12. The van der Waals surface area contributed by atoms with Crippen LogP contribution in [0.3, 0.4) is 0 Å². The van der Waals surface area contributed by atoms with Crippen molar-refractivity contribution in [2.45, 2.75) is 24.6 Å². The van der Waals surface area contributed by atoms with Gasteiger partial charge in [0.2, 0.25) is 0 Å². The van der Waals surface area contributed by atoms with Crippen LogP contribution in [0.4, 0.5) is 0 Å². The van der Waals surface area contributed by atoms with Gasteiger partial charge in [0.1, 0.15) is 0 Å².